The van der Waals surface area contributed by atoms with Crippen molar-refractivity contribution in [3.8, 4) is 5.75 Å². The third-order valence-electron chi connectivity index (χ3n) is 7.95. The summed E-state index contributed by atoms with van der Waals surface area (Å²) in [4.78, 5) is 38.2. The molecular formula is C32H40ClN7O4. The molecule has 2 aromatic heterocycles. The van der Waals surface area contributed by atoms with Crippen LogP contribution in [0.2, 0.25) is 5.02 Å². The first kappa shape index (κ1) is 32.5. The van der Waals surface area contributed by atoms with Crippen LogP contribution in [0.1, 0.15) is 75.9 Å². The largest absolute Gasteiger partial charge is 0.482 e. The second kappa shape index (κ2) is 12.3. The lowest BCUT2D eigenvalue weighted by molar-refractivity contribution is -0.125. The average Bonchev–Trinajstić information content (AvgIpc) is 3.51. The molecule has 0 saturated carbocycles. The van der Waals surface area contributed by atoms with Gasteiger partial charge in [-0.1, -0.05) is 76.6 Å². The fourth-order valence-corrected chi connectivity index (χ4v) is 5.09. The smallest absolute Gasteiger partial charge is 0.258 e. The average molecular weight is 622 g/mol. The van der Waals surface area contributed by atoms with Crippen LogP contribution in [0, 0.1) is 6.92 Å². The van der Waals surface area contributed by atoms with Crippen LogP contribution in [0.5, 0.6) is 5.75 Å². The van der Waals surface area contributed by atoms with Crippen LogP contribution >= 0.6 is 11.6 Å². The number of benzene rings is 2. The van der Waals surface area contributed by atoms with E-state index in [1.807, 2.05) is 46.8 Å². The lowest BCUT2D eigenvalue weighted by Crippen LogP contribution is -2.57. The number of fused-ring (bicyclic) bond motifs is 1. The molecule has 2 heterocycles. The number of hydrogen-bond acceptors (Lipinski definition) is 6. The van der Waals surface area contributed by atoms with Gasteiger partial charge in [0, 0.05) is 21.9 Å². The molecule has 0 bridgehead atoms. The number of aromatic amines is 1. The second-order valence-electron chi connectivity index (χ2n) is 12.9. The third kappa shape index (κ3) is 6.72. The Bertz CT molecular complexity index is 1700. The summed E-state index contributed by atoms with van der Waals surface area (Å²) in [5.74, 6) is -0.220. The number of anilines is 1. The van der Waals surface area contributed by atoms with Gasteiger partial charge in [-0.2, -0.15) is 0 Å². The van der Waals surface area contributed by atoms with Crippen molar-refractivity contribution in [2.75, 3.05) is 18.5 Å². The van der Waals surface area contributed by atoms with Crippen LogP contribution < -0.4 is 20.7 Å². The molecule has 0 aliphatic rings. The zero-order chi connectivity index (χ0) is 32.4. The highest BCUT2D eigenvalue weighted by atomic mass is 35.5. The maximum absolute atomic E-state index is 13.1. The standard InChI is InChI=1S/C32H40ClN7O4/c1-19-13-9-10-14-20(19)28(43)34-17-23(41)35-21-15-11-12-16-22(21)44-18-24(42)36-32(7,8)31(5,6)29-38-37-27-25(33)26(30(2,3)4)39-40(27)29/h9-16,39H,17-18H2,1-8H3,(H,34,43)(H,35,41)(H,36,42). The topological polar surface area (TPSA) is 143 Å². The zero-order valence-corrected chi connectivity index (χ0v) is 27.1. The Morgan fingerprint density at radius 3 is 2.27 bits per heavy atom. The Kier molecular flexibility index (Phi) is 9.11. The number of nitrogens with one attached hydrogen (secondary N) is 4. The summed E-state index contributed by atoms with van der Waals surface area (Å²) in [5, 5.41) is 21.0. The van der Waals surface area contributed by atoms with Crippen molar-refractivity contribution in [1.82, 2.24) is 30.4 Å². The summed E-state index contributed by atoms with van der Waals surface area (Å²) in [7, 11) is 0. The number of carbonyl (C=O) groups is 3. The van der Waals surface area contributed by atoms with Gasteiger partial charge < -0.3 is 20.7 Å². The van der Waals surface area contributed by atoms with Crippen molar-refractivity contribution in [2.45, 2.75) is 71.8 Å². The van der Waals surface area contributed by atoms with E-state index in [9.17, 15) is 14.4 Å². The Hall–Kier alpha value is -4.38. The molecule has 4 N–H and O–H groups in total. The van der Waals surface area contributed by atoms with Gasteiger partial charge in [-0.15, -0.1) is 10.2 Å². The molecule has 2 aromatic carbocycles. The molecule has 0 aliphatic heterocycles. The van der Waals surface area contributed by atoms with Gasteiger partial charge in [0.15, 0.2) is 18.1 Å². The minimum absolute atomic E-state index is 0.231. The van der Waals surface area contributed by atoms with E-state index in [4.69, 9.17) is 16.3 Å². The molecule has 0 unspecified atom stereocenters. The van der Waals surface area contributed by atoms with E-state index in [1.54, 1.807) is 40.9 Å². The molecule has 0 atom stereocenters. The second-order valence-corrected chi connectivity index (χ2v) is 13.2. The number of nitrogens with zero attached hydrogens (tertiary/aromatic N) is 3. The van der Waals surface area contributed by atoms with Gasteiger partial charge in [0.25, 0.3) is 11.8 Å². The highest BCUT2D eigenvalue weighted by Gasteiger charge is 2.44. The van der Waals surface area contributed by atoms with Crippen LogP contribution in [-0.2, 0) is 20.4 Å². The number of rotatable bonds is 10. The van der Waals surface area contributed by atoms with Gasteiger partial charge in [-0.3, -0.25) is 19.5 Å². The molecule has 4 rings (SSSR count). The van der Waals surface area contributed by atoms with Crippen LogP contribution in [0.15, 0.2) is 48.5 Å². The van der Waals surface area contributed by atoms with Crippen molar-refractivity contribution in [2.24, 2.45) is 0 Å². The number of amides is 3. The van der Waals surface area contributed by atoms with Crippen molar-refractivity contribution < 1.29 is 19.1 Å². The van der Waals surface area contributed by atoms with Gasteiger partial charge in [0.1, 0.15) is 10.8 Å². The fourth-order valence-electron chi connectivity index (χ4n) is 4.64. The lowest BCUT2D eigenvalue weighted by atomic mass is 9.73. The molecular weight excluding hydrogens is 582 g/mol. The third-order valence-corrected chi connectivity index (χ3v) is 8.30. The van der Waals surface area contributed by atoms with Gasteiger partial charge >= 0.3 is 0 Å². The van der Waals surface area contributed by atoms with Gasteiger partial charge in [-0.05, 0) is 44.5 Å². The van der Waals surface area contributed by atoms with E-state index in [0.717, 1.165) is 11.3 Å². The summed E-state index contributed by atoms with van der Waals surface area (Å²) in [6.45, 7) is 15.2. The molecule has 0 saturated heterocycles. The van der Waals surface area contributed by atoms with Crippen molar-refractivity contribution in [1.29, 1.82) is 0 Å². The molecule has 12 heteroatoms. The minimum atomic E-state index is -0.793. The van der Waals surface area contributed by atoms with E-state index < -0.39 is 16.9 Å². The van der Waals surface area contributed by atoms with Crippen molar-refractivity contribution >= 4 is 40.7 Å². The highest BCUT2D eigenvalue weighted by Crippen LogP contribution is 2.37. The maximum atomic E-state index is 13.1. The molecule has 234 valence electrons. The van der Waals surface area contributed by atoms with E-state index in [-0.39, 0.29) is 30.4 Å². The maximum Gasteiger partial charge on any atom is 0.258 e. The first-order valence-electron chi connectivity index (χ1n) is 14.3. The first-order chi connectivity index (χ1) is 20.5. The van der Waals surface area contributed by atoms with Gasteiger partial charge in [-0.25, -0.2) is 4.52 Å². The number of ether oxygens (including phenoxy) is 1. The molecule has 0 aliphatic carbocycles. The zero-order valence-electron chi connectivity index (χ0n) is 26.4. The van der Waals surface area contributed by atoms with Gasteiger partial charge in [0.05, 0.1) is 17.9 Å². The Labute approximate surface area is 262 Å². The summed E-state index contributed by atoms with van der Waals surface area (Å²) in [5.41, 5.74) is 1.34. The predicted octanol–water partition coefficient (Wildman–Crippen LogP) is 4.94. The van der Waals surface area contributed by atoms with Crippen LogP contribution in [0.25, 0.3) is 5.65 Å². The molecule has 11 nitrogen and oxygen atoms in total. The molecule has 44 heavy (non-hydrogen) atoms. The van der Waals surface area contributed by atoms with Crippen LogP contribution in [-0.4, -0.2) is 56.2 Å². The molecule has 0 spiro atoms. The summed E-state index contributed by atoms with van der Waals surface area (Å²) in [6.07, 6.45) is 0. The van der Waals surface area contributed by atoms with Crippen LogP contribution in [0.4, 0.5) is 5.69 Å². The number of carbonyl (C=O) groups excluding carboxylic acids is 3. The van der Waals surface area contributed by atoms with Crippen LogP contribution in [0.3, 0.4) is 0 Å². The Balaban J connectivity index is 1.39. The number of H-pyrrole nitrogens is 1. The first-order valence-corrected chi connectivity index (χ1v) is 14.7. The molecule has 0 fully saturated rings. The number of aromatic nitrogens is 4. The lowest BCUT2D eigenvalue weighted by Gasteiger charge is -2.40. The van der Waals surface area contributed by atoms with E-state index in [0.29, 0.717) is 33.5 Å². The van der Waals surface area contributed by atoms with E-state index in [2.05, 4.69) is 52.0 Å². The SMILES string of the molecule is Cc1ccccc1C(=O)NCC(=O)Nc1ccccc1OCC(=O)NC(C)(C)C(C)(C)c1nnc2c(Cl)c(C(C)(C)C)[nH]n12. The summed E-state index contributed by atoms with van der Waals surface area (Å²) in [6, 6.07) is 13.9. The van der Waals surface area contributed by atoms with Crippen molar-refractivity contribution in [3.05, 3.63) is 76.2 Å². The highest BCUT2D eigenvalue weighted by molar-refractivity contribution is 6.34. The Morgan fingerprint density at radius 1 is 0.932 bits per heavy atom. The summed E-state index contributed by atoms with van der Waals surface area (Å²) < 4.78 is 7.59. The predicted molar refractivity (Wildman–Crippen MR) is 170 cm³/mol. The van der Waals surface area contributed by atoms with Crippen molar-refractivity contribution in [3.63, 3.8) is 0 Å². The summed E-state index contributed by atoms with van der Waals surface area (Å²) >= 11 is 6.62. The Morgan fingerprint density at radius 2 is 1.59 bits per heavy atom. The van der Waals surface area contributed by atoms with E-state index >= 15 is 0 Å². The molecule has 4 aromatic rings. The quantitative estimate of drug-likeness (QED) is 0.198. The normalized spacial score (nSPS) is 12.2. The number of halogens is 1. The van der Waals surface area contributed by atoms with Gasteiger partial charge in [0.2, 0.25) is 5.91 Å². The monoisotopic (exact) mass is 621 g/mol. The fraction of sp³-hybridized carbons (Fsp3) is 0.406. The number of hydrogen-bond donors (Lipinski definition) is 4. The molecule has 0 radical (unpaired) electrons. The minimum Gasteiger partial charge on any atom is -0.482 e. The molecule has 3 amide bonds. The van der Waals surface area contributed by atoms with E-state index in [1.165, 1.54) is 0 Å². The number of para-hydroxylation sites is 2. The number of aryl methyl sites for hydroxylation is 1.